The van der Waals surface area contributed by atoms with E-state index in [1.165, 1.54) is 4.88 Å². The van der Waals surface area contributed by atoms with Crippen molar-refractivity contribution in [3.63, 3.8) is 0 Å². The lowest BCUT2D eigenvalue weighted by Crippen LogP contribution is -2.00. The maximum absolute atomic E-state index is 5.82. The molecule has 2 heterocycles. The number of hydrogen-bond donors (Lipinski definition) is 0. The molecule has 0 N–H and O–H groups in total. The Hall–Kier alpha value is -0.970. The lowest BCUT2D eigenvalue weighted by molar-refractivity contribution is 0.104. The lowest BCUT2D eigenvalue weighted by Gasteiger charge is -2.03. The molecule has 0 aromatic carbocycles. The van der Waals surface area contributed by atoms with Crippen LogP contribution in [-0.2, 0) is 18.0 Å². The van der Waals surface area contributed by atoms with Gasteiger partial charge in [-0.1, -0.05) is 17.7 Å². The van der Waals surface area contributed by atoms with Gasteiger partial charge in [-0.2, -0.15) is 0 Å². The minimum absolute atomic E-state index is 0.388. The summed E-state index contributed by atoms with van der Waals surface area (Å²) in [6, 6.07) is 5.77. The van der Waals surface area contributed by atoms with E-state index in [4.69, 9.17) is 16.3 Å². The number of aromatic nitrogens is 2. The summed E-state index contributed by atoms with van der Waals surface area (Å²) in [6.45, 7) is 2.86. The molecule has 2 aromatic rings. The van der Waals surface area contributed by atoms with Crippen LogP contribution in [0.3, 0.4) is 0 Å². The topological polar surface area (TPSA) is 35.0 Å². The SMILES string of the molecule is Cc1cc(Cl)nc(COCc2cccs2)n1. The van der Waals surface area contributed by atoms with Crippen molar-refractivity contribution in [2.75, 3.05) is 0 Å². The highest BCUT2D eigenvalue weighted by molar-refractivity contribution is 7.09. The maximum atomic E-state index is 5.82. The number of hydrogen-bond acceptors (Lipinski definition) is 4. The third-order valence-electron chi connectivity index (χ3n) is 1.92. The molecule has 0 atom stereocenters. The number of halogens is 1. The first kappa shape index (κ1) is 11.5. The lowest BCUT2D eigenvalue weighted by atomic mass is 10.4. The molecule has 0 aliphatic heterocycles. The van der Waals surface area contributed by atoms with E-state index < -0.39 is 0 Å². The van der Waals surface area contributed by atoms with Gasteiger partial charge in [0.1, 0.15) is 11.8 Å². The highest BCUT2D eigenvalue weighted by Crippen LogP contribution is 2.11. The number of aryl methyl sites for hydroxylation is 1. The van der Waals surface area contributed by atoms with E-state index in [0.29, 0.717) is 24.2 Å². The van der Waals surface area contributed by atoms with Crippen LogP contribution in [-0.4, -0.2) is 9.97 Å². The molecule has 0 unspecified atom stereocenters. The fourth-order valence-corrected chi connectivity index (χ4v) is 2.19. The highest BCUT2D eigenvalue weighted by atomic mass is 35.5. The number of thiophene rings is 1. The van der Waals surface area contributed by atoms with E-state index in [0.717, 1.165) is 5.69 Å². The zero-order chi connectivity index (χ0) is 11.4. The molecule has 0 saturated carbocycles. The van der Waals surface area contributed by atoms with Gasteiger partial charge in [0.25, 0.3) is 0 Å². The van der Waals surface area contributed by atoms with Crippen molar-refractivity contribution in [3.8, 4) is 0 Å². The van der Waals surface area contributed by atoms with Gasteiger partial charge in [-0.15, -0.1) is 11.3 Å². The Kier molecular flexibility index (Phi) is 3.88. The predicted molar refractivity (Wildman–Crippen MR) is 64.6 cm³/mol. The van der Waals surface area contributed by atoms with Gasteiger partial charge in [-0.25, -0.2) is 9.97 Å². The summed E-state index contributed by atoms with van der Waals surface area (Å²) in [6.07, 6.45) is 0. The molecule has 0 spiro atoms. The molecule has 5 heteroatoms. The Morgan fingerprint density at radius 1 is 1.38 bits per heavy atom. The number of nitrogens with zero attached hydrogens (tertiary/aromatic N) is 2. The van der Waals surface area contributed by atoms with Gasteiger partial charge in [0.05, 0.1) is 6.61 Å². The van der Waals surface area contributed by atoms with E-state index in [9.17, 15) is 0 Å². The smallest absolute Gasteiger partial charge is 0.155 e. The molecule has 16 heavy (non-hydrogen) atoms. The van der Waals surface area contributed by atoms with Gasteiger partial charge in [-0.3, -0.25) is 0 Å². The quantitative estimate of drug-likeness (QED) is 0.786. The summed E-state index contributed by atoms with van der Waals surface area (Å²) in [5.41, 5.74) is 0.856. The van der Waals surface area contributed by atoms with Gasteiger partial charge in [0.15, 0.2) is 5.82 Å². The summed E-state index contributed by atoms with van der Waals surface area (Å²) in [7, 11) is 0. The molecule has 0 radical (unpaired) electrons. The minimum Gasteiger partial charge on any atom is -0.368 e. The Labute approximate surface area is 103 Å². The highest BCUT2D eigenvalue weighted by Gasteiger charge is 2.01. The van der Waals surface area contributed by atoms with Crippen LogP contribution in [0.2, 0.25) is 5.15 Å². The molecule has 0 saturated heterocycles. The Balaban J connectivity index is 1.89. The van der Waals surface area contributed by atoms with Crippen LogP contribution in [0.4, 0.5) is 0 Å². The Morgan fingerprint density at radius 3 is 2.94 bits per heavy atom. The number of ether oxygens (including phenoxy) is 1. The van der Waals surface area contributed by atoms with Crippen LogP contribution in [0.1, 0.15) is 16.4 Å². The van der Waals surface area contributed by atoms with E-state index in [2.05, 4.69) is 9.97 Å². The monoisotopic (exact) mass is 254 g/mol. The second kappa shape index (κ2) is 5.39. The van der Waals surface area contributed by atoms with Crippen molar-refractivity contribution in [3.05, 3.63) is 45.1 Å². The minimum atomic E-state index is 0.388. The first-order valence-electron chi connectivity index (χ1n) is 4.84. The molecule has 0 aliphatic rings. The largest absolute Gasteiger partial charge is 0.368 e. The third-order valence-corrected chi connectivity index (χ3v) is 2.97. The van der Waals surface area contributed by atoms with Crippen LogP contribution in [0, 0.1) is 6.92 Å². The summed E-state index contributed by atoms with van der Waals surface area (Å²) >= 11 is 7.50. The van der Waals surface area contributed by atoms with Gasteiger partial charge >= 0.3 is 0 Å². The molecular weight excluding hydrogens is 244 g/mol. The molecule has 0 aliphatic carbocycles. The van der Waals surface area contributed by atoms with Crippen LogP contribution >= 0.6 is 22.9 Å². The van der Waals surface area contributed by atoms with Crippen LogP contribution in [0.25, 0.3) is 0 Å². The van der Waals surface area contributed by atoms with E-state index in [1.54, 1.807) is 17.4 Å². The first-order chi connectivity index (χ1) is 7.74. The van der Waals surface area contributed by atoms with E-state index in [1.807, 2.05) is 24.4 Å². The molecule has 84 valence electrons. The standard InChI is InChI=1S/C11H11ClN2OS/c1-8-5-10(12)14-11(13-8)7-15-6-9-3-2-4-16-9/h2-5H,6-7H2,1H3. The van der Waals surface area contributed by atoms with Gasteiger partial charge in [-0.05, 0) is 24.4 Å². The average molecular weight is 255 g/mol. The van der Waals surface area contributed by atoms with Gasteiger partial charge in [0, 0.05) is 10.6 Å². The van der Waals surface area contributed by atoms with E-state index >= 15 is 0 Å². The molecular formula is C11H11ClN2OS. The molecule has 3 nitrogen and oxygen atoms in total. The van der Waals surface area contributed by atoms with Gasteiger partial charge < -0.3 is 4.74 Å². The Morgan fingerprint density at radius 2 is 2.25 bits per heavy atom. The fourth-order valence-electron chi connectivity index (χ4n) is 1.29. The zero-order valence-corrected chi connectivity index (χ0v) is 10.4. The molecule has 0 fully saturated rings. The second-order valence-corrected chi connectivity index (χ2v) is 4.74. The van der Waals surface area contributed by atoms with Crippen molar-refractivity contribution < 1.29 is 4.74 Å². The fraction of sp³-hybridized carbons (Fsp3) is 0.273. The first-order valence-corrected chi connectivity index (χ1v) is 6.10. The summed E-state index contributed by atoms with van der Waals surface area (Å²) in [5.74, 6) is 0.626. The third kappa shape index (κ3) is 3.27. The molecule has 0 bridgehead atoms. The van der Waals surface area contributed by atoms with Crippen LogP contribution in [0.15, 0.2) is 23.6 Å². The maximum Gasteiger partial charge on any atom is 0.155 e. The zero-order valence-electron chi connectivity index (χ0n) is 8.81. The summed E-state index contributed by atoms with van der Waals surface area (Å²) < 4.78 is 5.50. The number of rotatable bonds is 4. The molecule has 2 rings (SSSR count). The van der Waals surface area contributed by atoms with Crippen LogP contribution < -0.4 is 0 Å². The van der Waals surface area contributed by atoms with Crippen LogP contribution in [0.5, 0.6) is 0 Å². The van der Waals surface area contributed by atoms with Crippen molar-refractivity contribution >= 4 is 22.9 Å². The van der Waals surface area contributed by atoms with Crippen molar-refractivity contribution in [2.24, 2.45) is 0 Å². The van der Waals surface area contributed by atoms with Crippen molar-refractivity contribution in [2.45, 2.75) is 20.1 Å². The predicted octanol–water partition coefficient (Wildman–Crippen LogP) is 3.22. The van der Waals surface area contributed by atoms with Crippen molar-refractivity contribution in [1.82, 2.24) is 9.97 Å². The molecule has 2 aromatic heterocycles. The average Bonchev–Trinajstić information content (AvgIpc) is 2.69. The van der Waals surface area contributed by atoms with Crippen molar-refractivity contribution in [1.29, 1.82) is 0 Å². The normalized spacial score (nSPS) is 10.6. The summed E-state index contributed by atoms with van der Waals surface area (Å²) in [4.78, 5) is 9.51. The van der Waals surface area contributed by atoms with E-state index in [-0.39, 0.29) is 0 Å². The summed E-state index contributed by atoms with van der Waals surface area (Å²) in [5, 5.41) is 2.49. The Bertz CT molecular complexity index is 439. The van der Waals surface area contributed by atoms with Gasteiger partial charge in [0.2, 0.25) is 0 Å². The molecule has 0 amide bonds. The second-order valence-electron chi connectivity index (χ2n) is 3.32.